The zero-order valence-electron chi connectivity index (χ0n) is 6.68. The van der Waals surface area contributed by atoms with Gasteiger partial charge in [0.25, 0.3) is 0 Å². The molecule has 0 aromatic heterocycles. The van der Waals surface area contributed by atoms with Crippen LogP contribution in [0.2, 0.25) is 0 Å². The maximum absolute atomic E-state index is 8.77. The molecule has 2 nitrogen and oxygen atoms in total. The lowest BCUT2D eigenvalue weighted by molar-refractivity contribution is 0.220. The second-order valence-electron chi connectivity index (χ2n) is 2.73. The maximum atomic E-state index is 8.77. The number of rotatable bonds is 0. The highest BCUT2D eigenvalue weighted by Gasteiger charge is 1.95. The summed E-state index contributed by atoms with van der Waals surface area (Å²) in [6.07, 6.45) is 10.5. The highest BCUT2D eigenvalue weighted by atomic mass is 35.5. The van der Waals surface area contributed by atoms with Crippen LogP contribution in [0.5, 0.6) is 0 Å². The second kappa shape index (κ2) is 7.86. The Morgan fingerprint density at radius 3 is 1.09 bits per heavy atom. The van der Waals surface area contributed by atoms with E-state index in [1.54, 1.807) is 0 Å². The van der Waals surface area contributed by atoms with E-state index in [1.165, 1.54) is 44.9 Å². The van der Waals surface area contributed by atoms with Gasteiger partial charge in [-0.2, -0.15) is 0 Å². The molecule has 1 aliphatic rings. The molecule has 0 bridgehead atoms. The minimum absolute atomic E-state index is 1.36. The fourth-order valence-electron chi connectivity index (χ4n) is 1.24. The average Bonchev–Trinajstić information content (AvgIpc) is 2.13. The molecule has 0 atom stereocenters. The van der Waals surface area contributed by atoms with Crippen LogP contribution in [-0.4, -0.2) is 10.5 Å². The summed E-state index contributed by atoms with van der Waals surface area (Å²) in [4.78, 5) is 8.77. The lowest BCUT2D eigenvalue weighted by Gasteiger charge is -1.85. The Labute approximate surface area is 72.6 Å². The Balaban J connectivity index is 0.000000218. The van der Waals surface area contributed by atoms with Gasteiger partial charge in [-0.3, -0.25) is 0 Å². The first-order chi connectivity index (χ1) is 5.23. The lowest BCUT2D eigenvalue weighted by atomic mass is 10.2. The number of halogens is 1. The number of hydrogen-bond acceptors (Lipinski definition) is 1. The van der Waals surface area contributed by atoms with Crippen molar-refractivity contribution >= 4 is 17.0 Å². The van der Waals surface area contributed by atoms with E-state index in [9.17, 15) is 0 Å². The Morgan fingerprint density at radius 1 is 0.909 bits per heavy atom. The van der Waals surface area contributed by atoms with Gasteiger partial charge in [0.15, 0.2) is 0 Å². The summed E-state index contributed by atoms with van der Waals surface area (Å²) in [5, 5.41) is 7.18. The molecule has 1 aliphatic carbocycles. The van der Waals surface area contributed by atoms with Gasteiger partial charge in [-0.05, 0) is 0 Å². The Hall–Kier alpha value is -0.240. The Morgan fingerprint density at radius 2 is 1.00 bits per heavy atom. The molecule has 66 valence electrons. The highest BCUT2D eigenvalue weighted by molar-refractivity contribution is 6.60. The molecule has 0 amide bonds. The van der Waals surface area contributed by atoms with E-state index in [1.807, 2.05) is 0 Å². The van der Waals surface area contributed by atoms with Gasteiger partial charge in [-0.25, -0.2) is 4.79 Å². The zero-order chi connectivity index (χ0) is 8.53. The fraction of sp³-hybridized carbons (Fsp3) is 0.875. The van der Waals surface area contributed by atoms with Crippen molar-refractivity contribution in [3.63, 3.8) is 0 Å². The number of carbonyl (C=O) groups is 1. The third kappa shape index (κ3) is 12.9. The Kier molecular flexibility index (Phi) is 7.69. The quantitative estimate of drug-likeness (QED) is 0.454. The maximum Gasteiger partial charge on any atom is 0.401 e. The van der Waals surface area contributed by atoms with E-state index in [0.717, 1.165) is 0 Å². The SMILES string of the molecule is C1CCCCCC1.O=C(O)Cl. The van der Waals surface area contributed by atoms with Crippen LogP contribution in [0.1, 0.15) is 44.9 Å². The molecule has 0 aromatic rings. The molecule has 0 unspecified atom stereocenters. The fourth-order valence-corrected chi connectivity index (χ4v) is 1.24. The van der Waals surface area contributed by atoms with Gasteiger partial charge in [-0.1, -0.05) is 44.9 Å². The van der Waals surface area contributed by atoms with Crippen LogP contribution in [0.15, 0.2) is 0 Å². The molecule has 0 aliphatic heterocycles. The lowest BCUT2D eigenvalue weighted by Crippen LogP contribution is -1.66. The molecule has 0 spiro atoms. The van der Waals surface area contributed by atoms with E-state index in [2.05, 4.69) is 11.6 Å². The summed E-state index contributed by atoms with van der Waals surface area (Å²) in [6, 6.07) is 0. The first-order valence-electron chi connectivity index (χ1n) is 4.12. The van der Waals surface area contributed by atoms with Gasteiger partial charge in [0.05, 0.1) is 0 Å². The highest BCUT2D eigenvalue weighted by Crippen LogP contribution is 2.15. The molecular weight excluding hydrogens is 164 g/mol. The largest absolute Gasteiger partial charge is 0.469 e. The summed E-state index contributed by atoms with van der Waals surface area (Å²) in [5.74, 6) is 0. The minimum Gasteiger partial charge on any atom is -0.469 e. The van der Waals surface area contributed by atoms with E-state index in [0.29, 0.717) is 0 Å². The monoisotopic (exact) mass is 178 g/mol. The average molecular weight is 179 g/mol. The molecule has 1 fully saturated rings. The van der Waals surface area contributed by atoms with E-state index in [4.69, 9.17) is 9.90 Å². The third-order valence-electron chi connectivity index (χ3n) is 1.75. The predicted octanol–water partition coefficient (Wildman–Crippen LogP) is 3.63. The van der Waals surface area contributed by atoms with Crippen molar-refractivity contribution in [3.05, 3.63) is 0 Å². The van der Waals surface area contributed by atoms with E-state index < -0.39 is 5.43 Å². The topological polar surface area (TPSA) is 37.3 Å². The summed E-state index contributed by atoms with van der Waals surface area (Å²) >= 11 is 4.19. The molecule has 11 heavy (non-hydrogen) atoms. The third-order valence-corrected chi connectivity index (χ3v) is 1.75. The molecule has 1 N–H and O–H groups in total. The second-order valence-corrected chi connectivity index (χ2v) is 3.05. The van der Waals surface area contributed by atoms with Gasteiger partial charge < -0.3 is 5.11 Å². The van der Waals surface area contributed by atoms with Gasteiger partial charge in [0.1, 0.15) is 0 Å². The van der Waals surface area contributed by atoms with Crippen molar-refractivity contribution in [2.75, 3.05) is 0 Å². The molecule has 1 saturated carbocycles. The van der Waals surface area contributed by atoms with Crippen LogP contribution in [-0.2, 0) is 0 Å². The zero-order valence-corrected chi connectivity index (χ0v) is 7.44. The summed E-state index contributed by atoms with van der Waals surface area (Å²) < 4.78 is 0. The molecule has 0 aromatic carbocycles. The smallest absolute Gasteiger partial charge is 0.401 e. The molecular formula is C8H15ClO2. The van der Waals surface area contributed by atoms with Gasteiger partial charge in [0.2, 0.25) is 0 Å². The minimum atomic E-state index is -1.36. The van der Waals surface area contributed by atoms with E-state index >= 15 is 0 Å². The number of hydrogen-bond donors (Lipinski definition) is 1. The first-order valence-corrected chi connectivity index (χ1v) is 4.49. The van der Waals surface area contributed by atoms with Crippen LogP contribution < -0.4 is 0 Å². The summed E-state index contributed by atoms with van der Waals surface area (Å²) in [5.41, 5.74) is -1.36. The van der Waals surface area contributed by atoms with Crippen molar-refractivity contribution < 1.29 is 9.90 Å². The van der Waals surface area contributed by atoms with Gasteiger partial charge in [0, 0.05) is 11.6 Å². The summed E-state index contributed by atoms with van der Waals surface area (Å²) in [7, 11) is 0. The van der Waals surface area contributed by atoms with Crippen LogP contribution in [0, 0.1) is 0 Å². The van der Waals surface area contributed by atoms with Gasteiger partial charge >= 0.3 is 5.43 Å². The van der Waals surface area contributed by atoms with Crippen molar-refractivity contribution in [2.45, 2.75) is 44.9 Å². The molecule has 0 radical (unpaired) electrons. The standard InChI is InChI=1S/C7H14.CHClO2/c1-2-4-6-7-5-3-1;2-1(3)4/h1-7H2;(H,3,4). The van der Waals surface area contributed by atoms with Crippen LogP contribution in [0.3, 0.4) is 0 Å². The van der Waals surface area contributed by atoms with Crippen molar-refractivity contribution in [2.24, 2.45) is 0 Å². The molecule has 1 rings (SSSR count). The first kappa shape index (κ1) is 10.8. The molecule has 3 heteroatoms. The van der Waals surface area contributed by atoms with Gasteiger partial charge in [-0.15, -0.1) is 0 Å². The van der Waals surface area contributed by atoms with Crippen LogP contribution >= 0.6 is 11.6 Å². The Bertz CT molecular complexity index is 80.6. The predicted molar refractivity (Wildman–Crippen MR) is 46.2 cm³/mol. The molecule has 0 heterocycles. The van der Waals surface area contributed by atoms with Crippen molar-refractivity contribution in [1.29, 1.82) is 0 Å². The van der Waals surface area contributed by atoms with Crippen molar-refractivity contribution in [3.8, 4) is 0 Å². The normalized spacial score (nSPS) is 17.5. The van der Waals surface area contributed by atoms with Crippen LogP contribution in [0.25, 0.3) is 0 Å². The number of carboxylic acid groups (broad SMARTS) is 1. The molecule has 0 saturated heterocycles. The van der Waals surface area contributed by atoms with E-state index in [-0.39, 0.29) is 0 Å². The summed E-state index contributed by atoms with van der Waals surface area (Å²) in [6.45, 7) is 0. The van der Waals surface area contributed by atoms with Crippen LogP contribution in [0.4, 0.5) is 4.79 Å². The van der Waals surface area contributed by atoms with Crippen molar-refractivity contribution in [1.82, 2.24) is 0 Å².